The minimum absolute atomic E-state index is 0.161. The van der Waals surface area contributed by atoms with Crippen molar-refractivity contribution >= 4 is 27.5 Å². The fourth-order valence-corrected chi connectivity index (χ4v) is 5.86. The van der Waals surface area contributed by atoms with Crippen LogP contribution in [-0.2, 0) is 14.8 Å². The predicted molar refractivity (Wildman–Crippen MR) is 166 cm³/mol. The number of hydrogen-bond acceptors (Lipinski definition) is 5. The molecule has 4 fully saturated rings. The summed E-state index contributed by atoms with van der Waals surface area (Å²) in [5.74, 6) is 1.00. The van der Waals surface area contributed by atoms with Crippen molar-refractivity contribution in [2.75, 3.05) is 45.9 Å². The molecule has 2 heterocycles. The van der Waals surface area contributed by atoms with Crippen LogP contribution in [0.2, 0.25) is 5.02 Å². The van der Waals surface area contributed by atoms with Gasteiger partial charge in [-0.15, -0.1) is 12.8 Å². The van der Waals surface area contributed by atoms with E-state index < -0.39 is 10.0 Å². The molecular formula is C31H52ClN3O4S. The van der Waals surface area contributed by atoms with Gasteiger partial charge in [0.15, 0.2) is 0 Å². The van der Waals surface area contributed by atoms with E-state index in [2.05, 4.69) is 31.6 Å². The van der Waals surface area contributed by atoms with Crippen molar-refractivity contribution < 1.29 is 18.3 Å². The van der Waals surface area contributed by atoms with Gasteiger partial charge in [-0.2, -0.15) is 4.31 Å². The molecule has 228 valence electrons. The molecule has 1 aromatic rings. The molecule has 1 N–H and O–H groups in total. The number of amides is 1. The Labute approximate surface area is 249 Å². The molecule has 0 radical (unpaired) electrons. The van der Waals surface area contributed by atoms with Crippen LogP contribution >= 0.6 is 11.6 Å². The molecule has 40 heavy (non-hydrogen) atoms. The Morgan fingerprint density at radius 3 is 1.80 bits per heavy atom. The Bertz CT molecular complexity index is 959. The second kappa shape index (κ2) is 18.7. The molecular weight excluding hydrogens is 546 g/mol. The van der Waals surface area contributed by atoms with Gasteiger partial charge in [-0.1, -0.05) is 51.1 Å². The number of carbonyl (C=O) groups is 1. The zero-order valence-electron chi connectivity index (χ0n) is 25.2. The van der Waals surface area contributed by atoms with Gasteiger partial charge < -0.3 is 10.0 Å². The van der Waals surface area contributed by atoms with Gasteiger partial charge in [-0.05, 0) is 69.7 Å². The van der Waals surface area contributed by atoms with Crippen LogP contribution in [0.1, 0.15) is 85.5 Å². The van der Waals surface area contributed by atoms with Crippen LogP contribution in [-0.4, -0.2) is 85.0 Å². The molecule has 9 heteroatoms. The van der Waals surface area contributed by atoms with E-state index in [9.17, 15) is 18.3 Å². The molecule has 1 amide bonds. The molecule has 2 saturated heterocycles. The van der Waals surface area contributed by atoms with Crippen LogP contribution in [0.4, 0.5) is 0 Å². The number of halogens is 1. The Hall–Kier alpha value is -1.63. The molecule has 0 atom stereocenters. The van der Waals surface area contributed by atoms with Crippen molar-refractivity contribution in [1.29, 1.82) is 0 Å². The van der Waals surface area contributed by atoms with Gasteiger partial charge in [-0.3, -0.25) is 9.69 Å². The maximum atomic E-state index is 12.2. The molecule has 4 aliphatic rings. The van der Waals surface area contributed by atoms with Gasteiger partial charge in [0.05, 0.1) is 11.5 Å². The lowest BCUT2D eigenvalue weighted by molar-refractivity contribution is -0.134. The molecule has 0 spiro atoms. The predicted octanol–water partition coefficient (Wildman–Crippen LogP) is 5.66. The molecule has 2 saturated carbocycles. The maximum absolute atomic E-state index is 12.2. The van der Waals surface area contributed by atoms with E-state index in [1.54, 1.807) is 28.6 Å². The number of piperazine rings is 1. The van der Waals surface area contributed by atoms with Gasteiger partial charge in [0.2, 0.25) is 15.9 Å². The highest BCUT2D eigenvalue weighted by atomic mass is 35.5. The standard InChI is InChI=1S/C13H24N2O2.C11H14ClNO2S.C3H6.C2H6.C2H2/c1-13(2,10-16)15-7-5-14(6-8-15)12(17)9-11-3-4-11;12-10-4-6-11(7-5-10)16(14,15)13-8-2-1-3-9-13;1-2-3-1;2*1-2/h11,16H,3-10H2,1-2H3;4-7H,1-3,8-9H2;1-3H2;1-2H3;1-2H. The second-order valence-electron chi connectivity index (χ2n) is 11.0. The van der Waals surface area contributed by atoms with E-state index >= 15 is 0 Å². The largest absolute Gasteiger partial charge is 0.394 e. The highest BCUT2D eigenvalue weighted by Crippen LogP contribution is 2.33. The van der Waals surface area contributed by atoms with E-state index in [0.717, 1.165) is 51.9 Å². The summed E-state index contributed by atoms with van der Waals surface area (Å²) in [5.41, 5.74) is -0.161. The average molecular weight is 598 g/mol. The first kappa shape index (κ1) is 36.4. The summed E-state index contributed by atoms with van der Waals surface area (Å²) in [7, 11) is -3.30. The topological polar surface area (TPSA) is 81.2 Å². The Kier molecular flexibility index (Phi) is 17.0. The first-order valence-electron chi connectivity index (χ1n) is 14.9. The van der Waals surface area contributed by atoms with Crippen molar-refractivity contribution in [2.45, 2.75) is 95.9 Å². The molecule has 2 aliphatic heterocycles. The number of carbonyl (C=O) groups excluding carboxylic acids is 1. The summed E-state index contributed by atoms with van der Waals surface area (Å²) >= 11 is 5.74. The fraction of sp³-hybridized carbons (Fsp3) is 0.710. The lowest BCUT2D eigenvalue weighted by Gasteiger charge is -2.43. The average Bonchev–Trinajstić information content (AvgIpc) is 3.91. The van der Waals surface area contributed by atoms with Crippen molar-refractivity contribution in [2.24, 2.45) is 5.92 Å². The van der Waals surface area contributed by atoms with E-state index in [-0.39, 0.29) is 12.1 Å². The Morgan fingerprint density at radius 2 is 1.38 bits per heavy atom. The Balaban J connectivity index is 0.000000325. The second-order valence-corrected chi connectivity index (χ2v) is 13.3. The van der Waals surface area contributed by atoms with Gasteiger partial charge in [0.1, 0.15) is 0 Å². The van der Waals surface area contributed by atoms with Crippen molar-refractivity contribution in [3.05, 3.63) is 29.3 Å². The van der Waals surface area contributed by atoms with Gasteiger partial charge >= 0.3 is 0 Å². The zero-order valence-corrected chi connectivity index (χ0v) is 26.7. The normalized spacial score (nSPS) is 19.1. The van der Waals surface area contributed by atoms with Gasteiger partial charge in [0.25, 0.3) is 0 Å². The number of benzene rings is 1. The van der Waals surface area contributed by atoms with Crippen LogP contribution in [0.25, 0.3) is 0 Å². The summed E-state index contributed by atoms with van der Waals surface area (Å²) in [4.78, 5) is 16.5. The minimum Gasteiger partial charge on any atom is -0.394 e. The van der Waals surface area contributed by atoms with Gasteiger partial charge in [-0.25, -0.2) is 8.42 Å². The summed E-state index contributed by atoms with van der Waals surface area (Å²) in [6.45, 7) is 12.9. The molecule has 0 aromatic heterocycles. The number of aliphatic hydroxyl groups excluding tert-OH is 1. The molecule has 7 nitrogen and oxygen atoms in total. The molecule has 2 aliphatic carbocycles. The highest BCUT2D eigenvalue weighted by Gasteiger charge is 2.32. The first-order valence-corrected chi connectivity index (χ1v) is 16.7. The number of rotatable bonds is 6. The van der Waals surface area contributed by atoms with Crippen molar-refractivity contribution in [3.8, 4) is 12.8 Å². The number of aliphatic hydroxyl groups is 1. The van der Waals surface area contributed by atoms with Crippen LogP contribution < -0.4 is 0 Å². The van der Waals surface area contributed by atoms with Crippen molar-refractivity contribution in [1.82, 2.24) is 14.1 Å². The highest BCUT2D eigenvalue weighted by molar-refractivity contribution is 7.89. The van der Waals surface area contributed by atoms with Crippen LogP contribution in [0, 0.1) is 18.8 Å². The smallest absolute Gasteiger partial charge is 0.243 e. The van der Waals surface area contributed by atoms with Crippen LogP contribution in [0.15, 0.2) is 29.2 Å². The lowest BCUT2D eigenvalue weighted by Crippen LogP contribution is -2.57. The summed E-state index contributed by atoms with van der Waals surface area (Å²) in [5, 5.41) is 9.88. The molecule has 0 unspecified atom stereocenters. The summed E-state index contributed by atoms with van der Waals surface area (Å²) in [6, 6.07) is 6.34. The monoisotopic (exact) mass is 597 g/mol. The summed E-state index contributed by atoms with van der Waals surface area (Å²) < 4.78 is 25.9. The van der Waals surface area contributed by atoms with E-state index in [1.807, 2.05) is 18.7 Å². The fourth-order valence-electron chi connectivity index (χ4n) is 4.22. The minimum atomic E-state index is -3.30. The first-order chi connectivity index (χ1) is 19.1. The van der Waals surface area contributed by atoms with E-state index in [4.69, 9.17) is 11.6 Å². The number of piperidine rings is 1. The quantitative estimate of drug-likeness (QED) is 0.428. The third-order valence-corrected chi connectivity index (χ3v) is 9.32. The third-order valence-electron chi connectivity index (χ3n) is 7.16. The molecule has 1 aromatic carbocycles. The zero-order chi connectivity index (χ0) is 30.2. The van der Waals surface area contributed by atoms with Gasteiger partial charge in [0, 0.05) is 56.3 Å². The van der Waals surface area contributed by atoms with E-state index in [0.29, 0.717) is 34.8 Å². The Morgan fingerprint density at radius 1 is 0.900 bits per heavy atom. The maximum Gasteiger partial charge on any atom is 0.243 e. The molecule has 5 rings (SSSR count). The van der Waals surface area contributed by atoms with Crippen LogP contribution in [0.3, 0.4) is 0 Å². The summed E-state index contributed by atoms with van der Waals surface area (Å²) in [6.07, 6.45) is 18.8. The van der Waals surface area contributed by atoms with Crippen LogP contribution in [0.5, 0.6) is 0 Å². The number of sulfonamides is 1. The number of nitrogens with zero attached hydrogens (tertiary/aromatic N) is 3. The van der Waals surface area contributed by atoms with Crippen molar-refractivity contribution in [3.63, 3.8) is 0 Å². The number of hydrogen-bond donors (Lipinski definition) is 1. The SMILES string of the molecule is C#C.C1CC1.CC.CC(C)(CO)N1CCN(C(=O)CC2CC2)CC1.O=S(=O)(c1ccc(Cl)cc1)N1CCCCC1. The molecule has 0 bridgehead atoms. The number of terminal acetylenes is 1. The third kappa shape index (κ3) is 12.9. The van der Waals surface area contributed by atoms with E-state index in [1.165, 1.54) is 32.1 Å². The lowest BCUT2D eigenvalue weighted by atomic mass is 10.0.